The monoisotopic (exact) mass is 270 g/mol. The highest BCUT2D eigenvalue weighted by atomic mass is 16.1. The van der Waals surface area contributed by atoms with E-state index in [1.54, 1.807) is 4.57 Å². The lowest BCUT2D eigenvalue weighted by atomic mass is 9.75. The topological polar surface area (TPSA) is 48.0 Å². The molecule has 0 unspecified atom stereocenters. The zero-order valence-corrected chi connectivity index (χ0v) is 12.1. The summed E-state index contributed by atoms with van der Waals surface area (Å²) in [6.45, 7) is 3.02. The van der Waals surface area contributed by atoms with Gasteiger partial charge >= 0.3 is 0 Å². The van der Waals surface area contributed by atoms with E-state index in [0.717, 1.165) is 17.3 Å². The Labute approximate surface area is 119 Å². The molecule has 0 radical (unpaired) electrons. The number of pyridine rings is 1. The molecule has 1 aliphatic rings. The molecule has 1 aliphatic carbocycles. The quantitative estimate of drug-likeness (QED) is 0.907. The first-order valence-corrected chi connectivity index (χ1v) is 7.47. The van der Waals surface area contributed by atoms with Gasteiger partial charge in [0.15, 0.2) is 0 Å². The van der Waals surface area contributed by atoms with Gasteiger partial charge in [-0.3, -0.25) is 9.36 Å². The van der Waals surface area contributed by atoms with Crippen LogP contribution in [0.2, 0.25) is 0 Å². The Kier molecular flexibility index (Phi) is 3.28. The van der Waals surface area contributed by atoms with Crippen LogP contribution in [0.1, 0.15) is 39.0 Å². The molecule has 20 heavy (non-hydrogen) atoms. The van der Waals surface area contributed by atoms with Crippen molar-refractivity contribution in [3.8, 4) is 0 Å². The van der Waals surface area contributed by atoms with Gasteiger partial charge in [0.1, 0.15) is 5.82 Å². The van der Waals surface area contributed by atoms with Crippen LogP contribution in [0.3, 0.4) is 0 Å². The normalized spacial score (nSPS) is 18.2. The predicted octanol–water partition coefficient (Wildman–Crippen LogP) is 3.55. The third-order valence-corrected chi connectivity index (χ3v) is 4.65. The average molecular weight is 270 g/mol. The summed E-state index contributed by atoms with van der Waals surface area (Å²) in [4.78, 5) is 12.6. The van der Waals surface area contributed by atoms with Crippen molar-refractivity contribution in [3.05, 3.63) is 40.7 Å². The van der Waals surface area contributed by atoms with Gasteiger partial charge in [0.05, 0.1) is 0 Å². The number of benzene rings is 1. The molecule has 0 bridgehead atoms. The van der Waals surface area contributed by atoms with Crippen LogP contribution in [0.15, 0.2) is 35.1 Å². The van der Waals surface area contributed by atoms with E-state index in [9.17, 15) is 4.79 Å². The van der Waals surface area contributed by atoms with E-state index in [0.29, 0.717) is 5.82 Å². The van der Waals surface area contributed by atoms with Crippen molar-refractivity contribution in [2.75, 3.05) is 5.73 Å². The fourth-order valence-corrected chi connectivity index (χ4v) is 3.43. The van der Waals surface area contributed by atoms with Gasteiger partial charge in [-0.2, -0.15) is 0 Å². The third-order valence-electron chi connectivity index (χ3n) is 4.65. The first kappa shape index (κ1) is 13.2. The molecule has 0 spiro atoms. The number of rotatable bonds is 2. The van der Waals surface area contributed by atoms with Crippen LogP contribution in [0.5, 0.6) is 0 Å². The van der Waals surface area contributed by atoms with Gasteiger partial charge in [0.25, 0.3) is 5.56 Å². The summed E-state index contributed by atoms with van der Waals surface area (Å²) in [5, 5.41) is 1.70. The number of nitrogens with zero attached hydrogens (tertiary/aromatic N) is 1. The highest BCUT2D eigenvalue weighted by Crippen LogP contribution is 2.37. The standard InChI is InChI=1S/C17H22N2O/c1-17(9-5-2-6-10-17)12-19-15(18)11-13-7-3-4-8-14(13)16(19)20/h3-4,7-8,11H,2,5-6,9-10,12,18H2,1H3. The van der Waals surface area contributed by atoms with Crippen molar-refractivity contribution in [1.82, 2.24) is 4.57 Å². The smallest absolute Gasteiger partial charge is 0.259 e. The van der Waals surface area contributed by atoms with Gasteiger partial charge in [0.2, 0.25) is 0 Å². The second kappa shape index (κ2) is 4.97. The summed E-state index contributed by atoms with van der Waals surface area (Å²) in [7, 11) is 0. The number of nitrogen functional groups attached to an aromatic ring is 1. The molecule has 1 saturated carbocycles. The number of hydrogen-bond donors (Lipinski definition) is 1. The molecule has 106 valence electrons. The number of aromatic nitrogens is 1. The van der Waals surface area contributed by atoms with Crippen LogP contribution in [0.4, 0.5) is 5.82 Å². The maximum Gasteiger partial charge on any atom is 0.259 e. The lowest BCUT2D eigenvalue weighted by Gasteiger charge is -2.34. The SMILES string of the molecule is CC1(Cn2c(N)cc3ccccc3c2=O)CCCCC1. The van der Waals surface area contributed by atoms with Gasteiger partial charge in [-0.25, -0.2) is 0 Å². The maximum atomic E-state index is 12.6. The number of fused-ring (bicyclic) bond motifs is 1. The van der Waals surface area contributed by atoms with Crippen molar-refractivity contribution in [1.29, 1.82) is 0 Å². The predicted molar refractivity (Wildman–Crippen MR) is 83.8 cm³/mol. The Balaban J connectivity index is 2.05. The largest absolute Gasteiger partial charge is 0.385 e. The maximum absolute atomic E-state index is 12.6. The van der Waals surface area contributed by atoms with E-state index in [1.807, 2.05) is 30.3 Å². The molecule has 0 aliphatic heterocycles. The Bertz CT molecular complexity index is 681. The van der Waals surface area contributed by atoms with Crippen LogP contribution in [-0.2, 0) is 6.54 Å². The van der Waals surface area contributed by atoms with Crippen LogP contribution in [-0.4, -0.2) is 4.57 Å². The van der Waals surface area contributed by atoms with E-state index in [4.69, 9.17) is 5.73 Å². The molecular formula is C17H22N2O. The molecule has 1 aromatic heterocycles. The Morgan fingerprint density at radius 2 is 1.90 bits per heavy atom. The fourth-order valence-electron chi connectivity index (χ4n) is 3.43. The first-order valence-electron chi connectivity index (χ1n) is 7.47. The lowest BCUT2D eigenvalue weighted by Crippen LogP contribution is -2.33. The molecule has 0 saturated heterocycles. The highest BCUT2D eigenvalue weighted by Gasteiger charge is 2.28. The number of anilines is 1. The molecular weight excluding hydrogens is 248 g/mol. The van der Waals surface area contributed by atoms with E-state index in [2.05, 4.69) is 6.92 Å². The van der Waals surface area contributed by atoms with E-state index in [1.165, 1.54) is 32.1 Å². The third kappa shape index (κ3) is 2.33. The van der Waals surface area contributed by atoms with Crippen LogP contribution < -0.4 is 11.3 Å². The van der Waals surface area contributed by atoms with Gasteiger partial charge in [-0.1, -0.05) is 44.4 Å². The minimum Gasteiger partial charge on any atom is -0.385 e. The van der Waals surface area contributed by atoms with Gasteiger partial charge in [-0.15, -0.1) is 0 Å². The Morgan fingerprint density at radius 3 is 2.65 bits per heavy atom. The fraction of sp³-hybridized carbons (Fsp3) is 0.471. The summed E-state index contributed by atoms with van der Waals surface area (Å²) in [5.74, 6) is 0.584. The zero-order valence-electron chi connectivity index (χ0n) is 12.1. The van der Waals surface area contributed by atoms with E-state index < -0.39 is 0 Å². The summed E-state index contributed by atoms with van der Waals surface area (Å²) in [6.07, 6.45) is 6.21. The molecule has 0 amide bonds. The Hall–Kier alpha value is -1.77. The Morgan fingerprint density at radius 1 is 1.20 bits per heavy atom. The summed E-state index contributed by atoms with van der Waals surface area (Å²) >= 11 is 0. The molecule has 1 aromatic carbocycles. The minimum atomic E-state index is 0.0485. The molecule has 1 fully saturated rings. The number of nitrogens with two attached hydrogens (primary N) is 1. The van der Waals surface area contributed by atoms with Crippen LogP contribution in [0, 0.1) is 5.41 Å². The van der Waals surface area contributed by atoms with Gasteiger partial charge in [-0.05, 0) is 35.8 Å². The molecule has 3 heteroatoms. The van der Waals surface area contributed by atoms with Crippen LogP contribution >= 0.6 is 0 Å². The van der Waals surface area contributed by atoms with E-state index >= 15 is 0 Å². The summed E-state index contributed by atoms with van der Waals surface area (Å²) < 4.78 is 1.77. The minimum absolute atomic E-state index is 0.0485. The molecule has 1 heterocycles. The van der Waals surface area contributed by atoms with Crippen molar-refractivity contribution >= 4 is 16.6 Å². The molecule has 3 rings (SSSR count). The van der Waals surface area contributed by atoms with Crippen molar-refractivity contribution in [2.24, 2.45) is 5.41 Å². The van der Waals surface area contributed by atoms with Crippen molar-refractivity contribution < 1.29 is 0 Å². The zero-order chi connectivity index (χ0) is 14.2. The van der Waals surface area contributed by atoms with Crippen LogP contribution in [0.25, 0.3) is 10.8 Å². The molecule has 2 N–H and O–H groups in total. The highest BCUT2D eigenvalue weighted by molar-refractivity contribution is 5.83. The van der Waals surface area contributed by atoms with Gasteiger partial charge < -0.3 is 5.73 Å². The number of hydrogen-bond acceptors (Lipinski definition) is 2. The second-order valence-corrected chi connectivity index (χ2v) is 6.42. The first-order chi connectivity index (χ1) is 9.59. The van der Waals surface area contributed by atoms with Gasteiger partial charge in [0, 0.05) is 11.9 Å². The molecule has 2 aromatic rings. The van der Waals surface area contributed by atoms with Crippen molar-refractivity contribution in [3.63, 3.8) is 0 Å². The van der Waals surface area contributed by atoms with E-state index in [-0.39, 0.29) is 11.0 Å². The lowest BCUT2D eigenvalue weighted by molar-refractivity contribution is 0.182. The van der Waals surface area contributed by atoms with Crippen molar-refractivity contribution in [2.45, 2.75) is 45.6 Å². The summed E-state index contributed by atoms with van der Waals surface area (Å²) in [5.41, 5.74) is 6.38. The molecule has 3 nitrogen and oxygen atoms in total. The average Bonchev–Trinajstić information content (AvgIpc) is 2.44. The second-order valence-electron chi connectivity index (χ2n) is 6.42. The summed E-state index contributed by atoms with van der Waals surface area (Å²) in [6, 6.07) is 9.60. The molecule has 0 atom stereocenters.